The Morgan fingerprint density at radius 3 is 2.48 bits per heavy atom. The lowest BCUT2D eigenvalue weighted by Gasteiger charge is -2.36. The molecule has 0 saturated carbocycles. The van der Waals surface area contributed by atoms with Gasteiger partial charge in [-0.2, -0.15) is 0 Å². The Bertz CT molecular complexity index is 686. The van der Waals surface area contributed by atoms with Crippen LogP contribution in [0.5, 0.6) is 11.5 Å². The molecule has 0 bridgehead atoms. The van der Waals surface area contributed by atoms with Gasteiger partial charge in [0.1, 0.15) is 11.5 Å². The number of carbonyl (C=O) groups excluding carboxylic acids is 2. The maximum absolute atomic E-state index is 12.7. The second-order valence-electron chi connectivity index (χ2n) is 7.11. The zero-order chi connectivity index (χ0) is 19.4. The molecule has 7 nitrogen and oxygen atoms in total. The Balaban J connectivity index is 1.55. The molecule has 2 heterocycles. The van der Waals surface area contributed by atoms with Crippen molar-refractivity contribution in [2.75, 3.05) is 53.5 Å². The Morgan fingerprint density at radius 2 is 1.89 bits per heavy atom. The van der Waals surface area contributed by atoms with Crippen LogP contribution in [-0.4, -0.2) is 80.0 Å². The monoisotopic (exact) mass is 375 g/mol. The topological polar surface area (TPSA) is 62.3 Å². The molecule has 2 aliphatic rings. The van der Waals surface area contributed by atoms with Crippen molar-refractivity contribution in [2.24, 2.45) is 5.92 Å². The van der Waals surface area contributed by atoms with E-state index in [1.807, 2.05) is 30.0 Å². The van der Waals surface area contributed by atoms with E-state index < -0.39 is 0 Å². The largest absolute Gasteiger partial charge is 0.497 e. The van der Waals surface area contributed by atoms with Crippen molar-refractivity contribution >= 4 is 11.8 Å². The standard InChI is InChI=1S/C20H29N3O4/c1-4-22-14-16(12-19(22)24)20(25)23-9-7-21(8-10-23)13-15-11-17(26-2)5-6-18(15)27-3/h5-6,11,16H,4,7-10,12-14H2,1-3H3/t16-/m0/s1. The lowest BCUT2D eigenvalue weighted by atomic mass is 10.1. The first-order valence-electron chi connectivity index (χ1n) is 9.55. The first-order valence-corrected chi connectivity index (χ1v) is 9.55. The number of methoxy groups -OCH3 is 2. The molecule has 148 valence electrons. The molecule has 2 aliphatic heterocycles. The van der Waals surface area contributed by atoms with Crippen LogP contribution in [0, 0.1) is 5.92 Å². The van der Waals surface area contributed by atoms with E-state index in [9.17, 15) is 9.59 Å². The molecule has 0 aromatic heterocycles. The van der Waals surface area contributed by atoms with Gasteiger partial charge in [-0.05, 0) is 25.1 Å². The van der Waals surface area contributed by atoms with Crippen LogP contribution in [0.2, 0.25) is 0 Å². The highest BCUT2D eigenvalue weighted by molar-refractivity contribution is 5.89. The number of hydrogen-bond donors (Lipinski definition) is 0. The van der Waals surface area contributed by atoms with E-state index in [0.29, 0.717) is 32.6 Å². The van der Waals surface area contributed by atoms with Crippen molar-refractivity contribution in [3.63, 3.8) is 0 Å². The van der Waals surface area contributed by atoms with Crippen LogP contribution >= 0.6 is 0 Å². The zero-order valence-corrected chi connectivity index (χ0v) is 16.4. The van der Waals surface area contributed by atoms with Gasteiger partial charge in [0.2, 0.25) is 11.8 Å². The lowest BCUT2D eigenvalue weighted by molar-refractivity contribution is -0.137. The normalized spacial score (nSPS) is 20.9. The van der Waals surface area contributed by atoms with E-state index in [4.69, 9.17) is 9.47 Å². The average molecular weight is 375 g/mol. The molecular formula is C20H29N3O4. The summed E-state index contributed by atoms with van der Waals surface area (Å²) in [5.74, 6) is 1.70. The molecule has 2 amide bonds. The minimum Gasteiger partial charge on any atom is -0.497 e. The Kier molecular flexibility index (Phi) is 6.21. The van der Waals surface area contributed by atoms with Gasteiger partial charge in [0.05, 0.1) is 20.1 Å². The van der Waals surface area contributed by atoms with Crippen LogP contribution in [0.3, 0.4) is 0 Å². The quantitative estimate of drug-likeness (QED) is 0.748. The number of amides is 2. The maximum atomic E-state index is 12.7. The second-order valence-corrected chi connectivity index (χ2v) is 7.11. The van der Waals surface area contributed by atoms with Crippen LogP contribution < -0.4 is 9.47 Å². The van der Waals surface area contributed by atoms with Crippen LogP contribution in [0.4, 0.5) is 0 Å². The molecule has 7 heteroatoms. The molecule has 27 heavy (non-hydrogen) atoms. The SMILES string of the molecule is CCN1C[C@@H](C(=O)N2CCN(Cc3cc(OC)ccc3OC)CC2)CC1=O. The van der Waals surface area contributed by atoms with E-state index in [2.05, 4.69) is 4.90 Å². The Hall–Kier alpha value is -2.28. The minimum absolute atomic E-state index is 0.0969. The molecule has 2 saturated heterocycles. The van der Waals surface area contributed by atoms with Crippen molar-refractivity contribution in [1.82, 2.24) is 14.7 Å². The van der Waals surface area contributed by atoms with E-state index >= 15 is 0 Å². The van der Waals surface area contributed by atoms with E-state index in [0.717, 1.165) is 36.7 Å². The zero-order valence-electron chi connectivity index (χ0n) is 16.4. The lowest BCUT2D eigenvalue weighted by Crippen LogP contribution is -2.50. The van der Waals surface area contributed by atoms with Gasteiger partial charge in [-0.25, -0.2) is 0 Å². The van der Waals surface area contributed by atoms with Gasteiger partial charge < -0.3 is 19.3 Å². The third kappa shape index (κ3) is 4.35. The number of carbonyl (C=O) groups is 2. The summed E-state index contributed by atoms with van der Waals surface area (Å²) in [6.45, 7) is 6.97. The molecule has 0 aliphatic carbocycles. The summed E-state index contributed by atoms with van der Waals surface area (Å²) < 4.78 is 10.8. The predicted octanol–water partition coefficient (Wildman–Crippen LogP) is 1.22. The van der Waals surface area contributed by atoms with Crippen molar-refractivity contribution in [3.8, 4) is 11.5 Å². The average Bonchev–Trinajstić information content (AvgIpc) is 3.08. The number of piperazine rings is 1. The molecule has 0 spiro atoms. The highest BCUT2D eigenvalue weighted by Gasteiger charge is 2.36. The smallest absolute Gasteiger partial charge is 0.228 e. The van der Waals surface area contributed by atoms with Crippen molar-refractivity contribution < 1.29 is 19.1 Å². The van der Waals surface area contributed by atoms with E-state index in [-0.39, 0.29) is 17.7 Å². The molecule has 1 aromatic rings. The summed E-state index contributed by atoms with van der Waals surface area (Å²) in [5.41, 5.74) is 1.08. The van der Waals surface area contributed by atoms with Crippen LogP contribution in [0.15, 0.2) is 18.2 Å². The molecule has 2 fully saturated rings. The highest BCUT2D eigenvalue weighted by atomic mass is 16.5. The number of ether oxygens (including phenoxy) is 2. The highest BCUT2D eigenvalue weighted by Crippen LogP contribution is 2.26. The number of rotatable bonds is 6. The fourth-order valence-corrected chi connectivity index (χ4v) is 3.87. The van der Waals surface area contributed by atoms with Gasteiger partial charge in [-0.15, -0.1) is 0 Å². The summed E-state index contributed by atoms with van der Waals surface area (Å²) in [6, 6.07) is 5.81. The summed E-state index contributed by atoms with van der Waals surface area (Å²) >= 11 is 0. The number of likely N-dealkylation sites (tertiary alicyclic amines) is 1. The summed E-state index contributed by atoms with van der Waals surface area (Å²) in [5, 5.41) is 0. The maximum Gasteiger partial charge on any atom is 0.228 e. The van der Waals surface area contributed by atoms with Crippen LogP contribution in [-0.2, 0) is 16.1 Å². The second kappa shape index (κ2) is 8.61. The molecule has 0 unspecified atom stereocenters. The van der Waals surface area contributed by atoms with Gasteiger partial charge in [0.25, 0.3) is 0 Å². The van der Waals surface area contributed by atoms with Gasteiger partial charge in [0.15, 0.2) is 0 Å². The van der Waals surface area contributed by atoms with Crippen LogP contribution in [0.25, 0.3) is 0 Å². The molecule has 0 N–H and O–H groups in total. The van der Waals surface area contributed by atoms with Crippen LogP contribution in [0.1, 0.15) is 18.9 Å². The third-order valence-corrected chi connectivity index (χ3v) is 5.51. The summed E-state index contributed by atoms with van der Waals surface area (Å²) in [6.07, 6.45) is 0.355. The summed E-state index contributed by atoms with van der Waals surface area (Å²) in [4.78, 5) is 30.6. The van der Waals surface area contributed by atoms with Crippen molar-refractivity contribution in [1.29, 1.82) is 0 Å². The van der Waals surface area contributed by atoms with E-state index in [1.54, 1.807) is 19.1 Å². The molecule has 0 radical (unpaired) electrons. The molecule has 3 rings (SSSR count). The fourth-order valence-electron chi connectivity index (χ4n) is 3.87. The van der Waals surface area contributed by atoms with Crippen molar-refractivity contribution in [2.45, 2.75) is 19.9 Å². The van der Waals surface area contributed by atoms with Gasteiger partial charge >= 0.3 is 0 Å². The number of hydrogen-bond acceptors (Lipinski definition) is 5. The van der Waals surface area contributed by atoms with E-state index in [1.165, 1.54) is 0 Å². The Morgan fingerprint density at radius 1 is 1.15 bits per heavy atom. The van der Waals surface area contributed by atoms with Gasteiger partial charge in [-0.3, -0.25) is 14.5 Å². The van der Waals surface area contributed by atoms with Crippen molar-refractivity contribution in [3.05, 3.63) is 23.8 Å². The molecule has 1 atom stereocenters. The van der Waals surface area contributed by atoms with Gasteiger partial charge in [0, 0.05) is 57.8 Å². The molecular weight excluding hydrogens is 346 g/mol. The molecule has 1 aromatic carbocycles. The predicted molar refractivity (Wildman–Crippen MR) is 102 cm³/mol. The van der Waals surface area contributed by atoms with Gasteiger partial charge in [-0.1, -0.05) is 0 Å². The summed E-state index contributed by atoms with van der Waals surface area (Å²) in [7, 11) is 3.33. The Labute approximate surface area is 160 Å². The minimum atomic E-state index is -0.178. The third-order valence-electron chi connectivity index (χ3n) is 5.51. The first kappa shape index (κ1) is 19.5. The first-order chi connectivity index (χ1) is 13.0. The number of nitrogens with zero attached hydrogens (tertiary/aromatic N) is 3. The number of benzene rings is 1. The fraction of sp³-hybridized carbons (Fsp3) is 0.600.